The SMILES string of the molecule is OC(CC=CCCCOc1cc(I)c(OCCCC=CCC(O)(C(F)(F)F)C(F)(F)F)cc1I)(C(F)(F)F)C(F)(F)F. The van der Waals surface area contributed by atoms with Gasteiger partial charge in [-0.25, -0.2) is 0 Å². The largest absolute Gasteiger partial charge is 0.492 e. The summed E-state index contributed by atoms with van der Waals surface area (Å²) in [6.07, 6.45) is -23.0. The van der Waals surface area contributed by atoms with E-state index in [9.17, 15) is 52.7 Å². The van der Waals surface area contributed by atoms with E-state index < -0.39 is 48.7 Å². The highest BCUT2D eigenvalue weighted by atomic mass is 127. The molecule has 0 aromatic heterocycles. The molecule has 0 radical (unpaired) electrons. The highest BCUT2D eigenvalue weighted by molar-refractivity contribution is 14.1. The van der Waals surface area contributed by atoms with Crippen molar-refractivity contribution in [2.75, 3.05) is 13.2 Å². The van der Waals surface area contributed by atoms with Gasteiger partial charge >= 0.3 is 24.7 Å². The lowest BCUT2D eigenvalue weighted by atomic mass is 9.98. The van der Waals surface area contributed by atoms with Gasteiger partial charge in [0.1, 0.15) is 11.5 Å². The summed E-state index contributed by atoms with van der Waals surface area (Å²) in [7, 11) is 0. The lowest BCUT2D eigenvalue weighted by Gasteiger charge is -2.31. The third kappa shape index (κ3) is 10.5. The monoisotopic (exact) mass is 858 g/mol. The van der Waals surface area contributed by atoms with Crippen LogP contribution in [0.4, 0.5) is 52.7 Å². The van der Waals surface area contributed by atoms with Crippen molar-refractivity contribution < 1.29 is 72.4 Å². The van der Waals surface area contributed by atoms with E-state index in [1.165, 1.54) is 0 Å². The van der Waals surface area contributed by atoms with Crippen LogP contribution in [0.3, 0.4) is 0 Å². The average molecular weight is 858 g/mol. The van der Waals surface area contributed by atoms with Crippen LogP contribution < -0.4 is 9.47 Å². The van der Waals surface area contributed by atoms with Gasteiger partial charge in [0.2, 0.25) is 0 Å². The van der Waals surface area contributed by atoms with E-state index in [0.29, 0.717) is 30.8 Å². The van der Waals surface area contributed by atoms with Gasteiger partial charge in [-0.2, -0.15) is 52.7 Å². The van der Waals surface area contributed by atoms with E-state index in [2.05, 4.69) is 0 Å². The molecule has 0 spiro atoms. The maximum absolute atomic E-state index is 12.6. The van der Waals surface area contributed by atoms with Gasteiger partial charge in [0, 0.05) is 12.8 Å². The van der Waals surface area contributed by atoms with E-state index in [4.69, 9.17) is 19.7 Å². The van der Waals surface area contributed by atoms with Crippen molar-refractivity contribution in [3.8, 4) is 11.5 Å². The Labute approximate surface area is 259 Å². The number of hydrogen-bond acceptors (Lipinski definition) is 4. The van der Waals surface area contributed by atoms with E-state index >= 15 is 0 Å². The Balaban J connectivity index is 2.52. The molecule has 0 atom stereocenters. The minimum absolute atomic E-state index is 0.0591. The average Bonchev–Trinajstić information content (AvgIpc) is 2.82. The van der Waals surface area contributed by atoms with Crippen LogP contribution in [-0.4, -0.2) is 59.3 Å². The molecule has 18 heteroatoms. The van der Waals surface area contributed by atoms with E-state index in [-0.39, 0.29) is 38.9 Å². The second-order valence-electron chi connectivity index (χ2n) is 8.76. The van der Waals surface area contributed by atoms with Crippen LogP contribution in [0.2, 0.25) is 0 Å². The lowest BCUT2D eigenvalue weighted by Crippen LogP contribution is -2.56. The molecule has 0 amide bonds. The van der Waals surface area contributed by atoms with Crippen molar-refractivity contribution in [1.82, 2.24) is 0 Å². The molecule has 242 valence electrons. The highest BCUT2D eigenvalue weighted by Crippen LogP contribution is 2.46. The molecule has 0 fully saturated rings. The first-order valence-electron chi connectivity index (χ1n) is 11.7. The molecule has 0 saturated carbocycles. The first kappa shape index (κ1) is 38.9. The Kier molecular flexibility index (Phi) is 14.1. The number of ether oxygens (including phenoxy) is 2. The molecule has 0 saturated heterocycles. The smallest absolute Gasteiger partial charge is 0.426 e. The fraction of sp³-hybridized carbons (Fsp3) is 0.583. The van der Waals surface area contributed by atoms with Crippen LogP contribution in [0.5, 0.6) is 11.5 Å². The Morgan fingerprint density at radius 2 is 0.833 bits per heavy atom. The van der Waals surface area contributed by atoms with Crippen LogP contribution in [-0.2, 0) is 0 Å². The first-order valence-corrected chi connectivity index (χ1v) is 13.9. The zero-order chi connectivity index (χ0) is 32.6. The Morgan fingerprint density at radius 3 is 1.10 bits per heavy atom. The molecular weight excluding hydrogens is 834 g/mol. The predicted molar refractivity (Wildman–Crippen MR) is 143 cm³/mol. The molecule has 1 rings (SSSR count). The molecule has 0 aliphatic heterocycles. The van der Waals surface area contributed by atoms with Gasteiger partial charge < -0.3 is 19.7 Å². The predicted octanol–water partition coefficient (Wildman–Crippen LogP) is 8.82. The third-order valence-electron chi connectivity index (χ3n) is 5.57. The molecule has 42 heavy (non-hydrogen) atoms. The molecule has 4 nitrogen and oxygen atoms in total. The van der Waals surface area contributed by atoms with Gasteiger partial charge in [0.05, 0.1) is 20.4 Å². The number of unbranched alkanes of at least 4 members (excludes halogenated alkanes) is 2. The summed E-state index contributed by atoms with van der Waals surface area (Å²) in [6, 6.07) is 3.19. The molecule has 1 aromatic carbocycles. The number of aliphatic hydroxyl groups is 2. The molecule has 0 heterocycles. The van der Waals surface area contributed by atoms with Crippen molar-refractivity contribution in [1.29, 1.82) is 0 Å². The summed E-state index contributed by atoms with van der Waals surface area (Å²) in [5.74, 6) is 0.814. The summed E-state index contributed by atoms with van der Waals surface area (Å²) >= 11 is 3.84. The molecule has 2 N–H and O–H groups in total. The van der Waals surface area contributed by atoms with Crippen molar-refractivity contribution in [3.05, 3.63) is 43.6 Å². The van der Waals surface area contributed by atoms with Crippen molar-refractivity contribution in [2.45, 2.75) is 74.4 Å². The summed E-state index contributed by atoms with van der Waals surface area (Å²) in [5.41, 5.74) is -9.69. The summed E-state index contributed by atoms with van der Waals surface area (Å²) in [5, 5.41) is 18.1. The minimum atomic E-state index is -5.90. The second kappa shape index (κ2) is 15.2. The molecule has 0 aliphatic carbocycles. The number of rotatable bonds is 14. The zero-order valence-corrected chi connectivity index (χ0v) is 25.4. The molecule has 0 unspecified atom stereocenters. The van der Waals surface area contributed by atoms with E-state index in [1.54, 1.807) is 12.1 Å². The van der Waals surface area contributed by atoms with Gasteiger partial charge in [-0.15, -0.1) is 0 Å². The Bertz CT molecular complexity index is 952. The number of benzene rings is 1. The molecule has 0 aliphatic rings. The van der Waals surface area contributed by atoms with Crippen LogP contribution in [0.15, 0.2) is 36.4 Å². The summed E-state index contributed by atoms with van der Waals surface area (Å²) in [4.78, 5) is 0. The van der Waals surface area contributed by atoms with Gasteiger partial charge in [-0.3, -0.25) is 0 Å². The van der Waals surface area contributed by atoms with Gasteiger partial charge in [-0.05, 0) is 83.0 Å². The quantitative estimate of drug-likeness (QED) is 0.0851. The number of hydrogen-bond donors (Lipinski definition) is 2. The van der Waals surface area contributed by atoms with Gasteiger partial charge in [0.15, 0.2) is 0 Å². The second-order valence-corrected chi connectivity index (χ2v) is 11.1. The topological polar surface area (TPSA) is 58.9 Å². The Morgan fingerprint density at radius 1 is 0.548 bits per heavy atom. The van der Waals surface area contributed by atoms with Gasteiger partial charge in [0.25, 0.3) is 11.2 Å². The number of halogens is 14. The molecular formula is C24H24F12I2O4. The zero-order valence-electron chi connectivity index (χ0n) is 21.1. The summed E-state index contributed by atoms with van der Waals surface area (Å²) < 4.78 is 164. The van der Waals surface area contributed by atoms with Crippen LogP contribution in [0.25, 0.3) is 0 Å². The van der Waals surface area contributed by atoms with Crippen molar-refractivity contribution in [3.63, 3.8) is 0 Å². The van der Waals surface area contributed by atoms with Crippen LogP contribution in [0, 0.1) is 7.14 Å². The highest BCUT2D eigenvalue weighted by Gasteiger charge is 2.70. The molecule has 1 aromatic rings. The third-order valence-corrected chi connectivity index (χ3v) is 7.25. The van der Waals surface area contributed by atoms with Crippen molar-refractivity contribution >= 4 is 45.2 Å². The molecule has 0 bridgehead atoms. The van der Waals surface area contributed by atoms with Crippen molar-refractivity contribution in [2.24, 2.45) is 0 Å². The number of alkyl halides is 12. The maximum atomic E-state index is 12.6. The normalized spacial score (nSPS) is 14.3. The lowest BCUT2D eigenvalue weighted by molar-refractivity contribution is -0.367. The summed E-state index contributed by atoms with van der Waals surface area (Å²) in [6.45, 7) is 0.118. The van der Waals surface area contributed by atoms with Gasteiger partial charge in [-0.1, -0.05) is 24.3 Å². The number of allylic oxidation sites excluding steroid dienone is 2. The van der Waals surface area contributed by atoms with Crippen LogP contribution in [0.1, 0.15) is 38.5 Å². The van der Waals surface area contributed by atoms with Crippen LogP contribution >= 0.6 is 45.2 Å². The minimum Gasteiger partial charge on any atom is -0.492 e. The van der Waals surface area contributed by atoms with E-state index in [0.717, 1.165) is 12.2 Å². The van der Waals surface area contributed by atoms with E-state index in [1.807, 2.05) is 45.2 Å². The maximum Gasteiger partial charge on any atom is 0.426 e. The fourth-order valence-electron chi connectivity index (χ4n) is 3.03. The Hall–Kier alpha value is -1.16. The standard InChI is InChI=1S/C24H24F12I2O4/c25-21(26,27)19(39,22(28,29)30)9-5-1-3-7-11-41-17-13-16(38)18(14-15(17)37)42-12-8-4-2-6-10-20(40,23(31,32)33)24(34,35)36/h1-2,5-6,13-14,39-40H,3-4,7-12H2. The fourth-order valence-corrected chi connectivity index (χ4v) is 4.21. The first-order chi connectivity index (χ1) is 19.0.